The minimum atomic E-state index is -0.951. The van der Waals surface area contributed by atoms with E-state index in [-0.39, 0.29) is 0 Å². The van der Waals surface area contributed by atoms with Crippen LogP contribution in [0.2, 0.25) is 12.1 Å². The average molecular weight is 234 g/mol. The second kappa shape index (κ2) is 6.74. The highest BCUT2D eigenvalue weighted by Gasteiger charge is 2.16. The van der Waals surface area contributed by atoms with Crippen LogP contribution in [0.3, 0.4) is 0 Å². The molecule has 0 atom stereocenters. The Bertz CT molecular complexity index is 272. The summed E-state index contributed by atoms with van der Waals surface area (Å²) in [7, 11) is -0.951. The van der Waals surface area contributed by atoms with Gasteiger partial charge in [-0.1, -0.05) is 45.9 Å². The van der Waals surface area contributed by atoms with Gasteiger partial charge in [-0.15, -0.1) is 0 Å². The van der Waals surface area contributed by atoms with Crippen LogP contribution in [-0.4, -0.2) is 8.96 Å². The summed E-state index contributed by atoms with van der Waals surface area (Å²) in [6.45, 7) is 9.23. The number of hydrogen-bond donors (Lipinski definition) is 0. The van der Waals surface area contributed by atoms with Gasteiger partial charge in [-0.05, 0) is 36.1 Å². The summed E-state index contributed by atoms with van der Waals surface area (Å²) >= 11 is 0. The molecule has 2 heteroatoms. The summed E-state index contributed by atoms with van der Waals surface area (Å²) in [6, 6.07) is 13.1. The Morgan fingerprint density at radius 2 is 1.44 bits per heavy atom. The molecule has 0 unspecified atom stereocenters. The normalized spacial score (nSPS) is 11.4. The molecule has 0 bridgehead atoms. The second-order valence-corrected chi connectivity index (χ2v) is 7.89. The molecule has 0 fully saturated rings. The Morgan fingerprint density at radius 1 is 0.938 bits per heavy atom. The van der Waals surface area contributed by atoms with Crippen molar-refractivity contribution in [3.8, 4) is 0 Å². The maximum Gasteiger partial charge on any atom is 0.167 e. The smallest absolute Gasteiger partial charge is 0.167 e. The minimum absolute atomic E-state index is 0.780. The molecule has 0 heterocycles. The van der Waals surface area contributed by atoms with Crippen LogP contribution in [0.15, 0.2) is 30.3 Å². The summed E-state index contributed by atoms with van der Waals surface area (Å²) in [5.41, 5.74) is 1.18. The summed E-state index contributed by atoms with van der Waals surface area (Å²) in [5, 5.41) is 0. The standard InChI is InChI=1S/C14H24NSi/c1-12(2)10-16(11-13(3)4)15-14-8-6-5-7-9-14/h5-9,12-13,16H,10-11H2,1-4H3. The zero-order valence-corrected chi connectivity index (χ0v) is 12.1. The number of rotatable bonds is 6. The fourth-order valence-electron chi connectivity index (χ4n) is 2.01. The Kier molecular flexibility index (Phi) is 5.60. The van der Waals surface area contributed by atoms with Gasteiger partial charge in [0.1, 0.15) is 0 Å². The molecule has 0 aromatic heterocycles. The molecular weight excluding hydrogens is 210 g/mol. The van der Waals surface area contributed by atoms with Gasteiger partial charge >= 0.3 is 0 Å². The molecule has 1 aromatic rings. The Hall–Kier alpha value is -0.763. The van der Waals surface area contributed by atoms with Crippen molar-refractivity contribution in [3.63, 3.8) is 0 Å². The van der Waals surface area contributed by atoms with Gasteiger partial charge in [-0.2, -0.15) is 0 Å². The lowest BCUT2D eigenvalue weighted by molar-refractivity contribution is 0.683. The third kappa shape index (κ3) is 5.36. The lowest BCUT2D eigenvalue weighted by atomic mass is 10.3. The highest BCUT2D eigenvalue weighted by Crippen LogP contribution is 2.17. The molecule has 1 aromatic carbocycles. The lowest BCUT2D eigenvalue weighted by Gasteiger charge is -2.19. The summed E-state index contributed by atoms with van der Waals surface area (Å²) in [5.74, 6) is 1.56. The van der Waals surface area contributed by atoms with E-state index in [0.717, 1.165) is 11.8 Å². The van der Waals surface area contributed by atoms with E-state index in [9.17, 15) is 0 Å². The SMILES string of the molecule is CC(C)C[SiH](CC(C)C)[N]c1ccccc1. The monoisotopic (exact) mass is 234 g/mol. The first-order valence-corrected chi connectivity index (χ1v) is 8.48. The quantitative estimate of drug-likeness (QED) is 0.662. The Balaban J connectivity index is 2.56. The van der Waals surface area contributed by atoms with Gasteiger partial charge in [0.15, 0.2) is 8.96 Å². The molecule has 16 heavy (non-hydrogen) atoms. The first-order valence-electron chi connectivity index (χ1n) is 6.33. The molecular formula is C14H24NSi. The van der Waals surface area contributed by atoms with E-state index in [1.807, 2.05) is 0 Å². The van der Waals surface area contributed by atoms with Crippen molar-refractivity contribution < 1.29 is 0 Å². The van der Waals surface area contributed by atoms with Gasteiger partial charge < -0.3 is 4.98 Å². The van der Waals surface area contributed by atoms with Crippen molar-refractivity contribution in [2.24, 2.45) is 11.8 Å². The molecule has 0 saturated carbocycles. The van der Waals surface area contributed by atoms with Gasteiger partial charge in [0.25, 0.3) is 0 Å². The van der Waals surface area contributed by atoms with Gasteiger partial charge in [0.2, 0.25) is 0 Å². The first-order chi connectivity index (χ1) is 7.58. The van der Waals surface area contributed by atoms with Crippen LogP contribution in [0.4, 0.5) is 5.69 Å². The van der Waals surface area contributed by atoms with Crippen LogP contribution in [0.5, 0.6) is 0 Å². The van der Waals surface area contributed by atoms with Crippen molar-refractivity contribution in [1.29, 1.82) is 0 Å². The molecule has 0 spiro atoms. The Labute approximate surface area is 102 Å². The van der Waals surface area contributed by atoms with Crippen LogP contribution in [-0.2, 0) is 0 Å². The molecule has 0 aliphatic heterocycles. The van der Waals surface area contributed by atoms with Crippen LogP contribution in [0, 0.1) is 11.8 Å². The van der Waals surface area contributed by atoms with E-state index in [1.165, 1.54) is 17.8 Å². The predicted octanol–water partition coefficient (Wildman–Crippen LogP) is 3.96. The zero-order valence-electron chi connectivity index (χ0n) is 11.0. The Morgan fingerprint density at radius 3 is 1.88 bits per heavy atom. The highest BCUT2D eigenvalue weighted by molar-refractivity contribution is 6.57. The fraction of sp³-hybridized carbons (Fsp3) is 0.571. The van der Waals surface area contributed by atoms with Gasteiger partial charge in [0, 0.05) is 5.69 Å². The molecule has 0 saturated heterocycles. The molecule has 89 valence electrons. The number of benzene rings is 1. The van der Waals surface area contributed by atoms with Crippen LogP contribution in [0.25, 0.3) is 0 Å². The maximum atomic E-state index is 4.98. The number of para-hydroxylation sites is 1. The lowest BCUT2D eigenvalue weighted by Crippen LogP contribution is -2.27. The maximum absolute atomic E-state index is 4.98. The van der Waals surface area contributed by atoms with Gasteiger partial charge in [0.05, 0.1) is 0 Å². The van der Waals surface area contributed by atoms with Crippen LogP contribution < -0.4 is 4.98 Å². The largest absolute Gasteiger partial charge is 0.325 e. The summed E-state index contributed by atoms with van der Waals surface area (Å²) < 4.78 is 0. The molecule has 1 radical (unpaired) electrons. The van der Waals surface area contributed by atoms with Gasteiger partial charge in [-0.3, -0.25) is 0 Å². The molecule has 0 amide bonds. The van der Waals surface area contributed by atoms with Crippen molar-refractivity contribution >= 4 is 14.6 Å². The third-order valence-corrected chi connectivity index (χ3v) is 6.21. The van der Waals surface area contributed by atoms with Crippen molar-refractivity contribution in [3.05, 3.63) is 30.3 Å². The second-order valence-electron chi connectivity index (χ2n) is 5.38. The van der Waals surface area contributed by atoms with E-state index in [0.29, 0.717) is 0 Å². The van der Waals surface area contributed by atoms with E-state index in [1.54, 1.807) is 0 Å². The third-order valence-electron chi connectivity index (χ3n) is 2.57. The van der Waals surface area contributed by atoms with Crippen molar-refractivity contribution in [2.75, 3.05) is 0 Å². The van der Waals surface area contributed by atoms with E-state index in [4.69, 9.17) is 4.98 Å². The molecule has 1 rings (SSSR count). The van der Waals surface area contributed by atoms with Crippen LogP contribution in [0.1, 0.15) is 27.7 Å². The number of nitrogens with zero attached hydrogens (tertiary/aromatic N) is 1. The number of hydrogen-bond acceptors (Lipinski definition) is 0. The molecule has 0 aliphatic carbocycles. The highest BCUT2D eigenvalue weighted by atomic mass is 28.3. The van der Waals surface area contributed by atoms with E-state index in [2.05, 4.69) is 58.0 Å². The first kappa shape index (κ1) is 13.3. The predicted molar refractivity (Wildman–Crippen MR) is 74.7 cm³/mol. The summed E-state index contributed by atoms with van der Waals surface area (Å²) in [6.07, 6.45) is 0. The minimum Gasteiger partial charge on any atom is -0.325 e. The topological polar surface area (TPSA) is 14.1 Å². The molecule has 0 aliphatic rings. The fourth-order valence-corrected chi connectivity index (χ4v) is 5.19. The zero-order chi connectivity index (χ0) is 12.0. The summed E-state index contributed by atoms with van der Waals surface area (Å²) in [4.78, 5) is 4.98. The van der Waals surface area contributed by atoms with Crippen LogP contribution >= 0.6 is 0 Å². The van der Waals surface area contributed by atoms with Gasteiger partial charge in [-0.25, -0.2) is 0 Å². The van der Waals surface area contributed by atoms with E-state index < -0.39 is 8.96 Å². The molecule has 0 N–H and O–H groups in total. The average Bonchev–Trinajstić information content (AvgIpc) is 2.16. The van der Waals surface area contributed by atoms with E-state index >= 15 is 0 Å². The van der Waals surface area contributed by atoms with Crippen molar-refractivity contribution in [2.45, 2.75) is 39.8 Å². The molecule has 1 nitrogen and oxygen atoms in total. The van der Waals surface area contributed by atoms with Crippen molar-refractivity contribution in [1.82, 2.24) is 4.98 Å².